The van der Waals surface area contributed by atoms with E-state index in [2.05, 4.69) is 15.5 Å². The van der Waals surface area contributed by atoms with Crippen LogP contribution in [0.5, 0.6) is 5.88 Å². The van der Waals surface area contributed by atoms with Crippen molar-refractivity contribution in [2.24, 2.45) is 0 Å². The van der Waals surface area contributed by atoms with Crippen molar-refractivity contribution in [2.45, 2.75) is 44.6 Å². The molecule has 1 aliphatic rings. The predicted octanol–water partition coefficient (Wildman–Crippen LogP) is 2.28. The summed E-state index contributed by atoms with van der Waals surface area (Å²) in [6, 6.07) is 8.33. The standard InChI is InChI=1S/C19H24N4O4S/c1-13-11-16(20-15(3)24)7-8-18(13)28(25,26)23-10-4-5-17(12-23)27-19-9-6-14(2)21-22-19/h6-9,11,17H,4-5,10,12H2,1-3H3,(H,20,24). The first kappa shape index (κ1) is 20.2. The van der Waals surface area contributed by atoms with Crippen molar-refractivity contribution in [3.63, 3.8) is 0 Å². The Morgan fingerprint density at radius 2 is 2.00 bits per heavy atom. The first-order chi connectivity index (χ1) is 13.3. The van der Waals surface area contributed by atoms with Gasteiger partial charge < -0.3 is 10.1 Å². The van der Waals surface area contributed by atoms with Gasteiger partial charge in [-0.05, 0) is 56.5 Å². The number of aryl methyl sites for hydroxylation is 2. The van der Waals surface area contributed by atoms with E-state index in [1.807, 2.05) is 6.92 Å². The number of nitrogens with zero attached hydrogens (tertiary/aromatic N) is 3. The molecule has 2 heterocycles. The summed E-state index contributed by atoms with van der Waals surface area (Å²) in [5.74, 6) is 0.191. The number of benzene rings is 1. The summed E-state index contributed by atoms with van der Waals surface area (Å²) in [7, 11) is -3.67. The van der Waals surface area contributed by atoms with Crippen molar-refractivity contribution in [1.82, 2.24) is 14.5 Å². The van der Waals surface area contributed by atoms with E-state index < -0.39 is 10.0 Å². The van der Waals surface area contributed by atoms with Gasteiger partial charge in [-0.1, -0.05) is 0 Å². The average Bonchev–Trinajstić information content (AvgIpc) is 2.63. The van der Waals surface area contributed by atoms with Crippen LogP contribution in [0.2, 0.25) is 0 Å². The van der Waals surface area contributed by atoms with E-state index in [9.17, 15) is 13.2 Å². The Bertz CT molecular complexity index is 960. The zero-order valence-electron chi connectivity index (χ0n) is 16.2. The van der Waals surface area contributed by atoms with E-state index in [-0.39, 0.29) is 23.5 Å². The van der Waals surface area contributed by atoms with E-state index >= 15 is 0 Å². The van der Waals surface area contributed by atoms with E-state index in [0.29, 0.717) is 30.1 Å². The van der Waals surface area contributed by atoms with Crippen molar-refractivity contribution >= 4 is 21.6 Å². The first-order valence-corrected chi connectivity index (χ1v) is 10.5. The van der Waals surface area contributed by atoms with Gasteiger partial charge in [0.2, 0.25) is 21.8 Å². The smallest absolute Gasteiger partial charge is 0.243 e. The molecule has 3 rings (SSSR count). The van der Waals surface area contributed by atoms with E-state index in [1.54, 1.807) is 31.2 Å². The number of piperidine rings is 1. The van der Waals surface area contributed by atoms with Crippen LogP contribution >= 0.6 is 0 Å². The molecule has 0 saturated carbocycles. The van der Waals surface area contributed by atoms with Gasteiger partial charge in [0.05, 0.1) is 17.1 Å². The van der Waals surface area contributed by atoms with Gasteiger partial charge in [0.15, 0.2) is 0 Å². The first-order valence-electron chi connectivity index (χ1n) is 9.11. The number of aromatic nitrogens is 2. The number of hydrogen-bond acceptors (Lipinski definition) is 6. The summed E-state index contributed by atoms with van der Waals surface area (Å²) in [6.07, 6.45) is 1.17. The number of carbonyl (C=O) groups excluding carboxylic acids is 1. The van der Waals surface area contributed by atoms with Crippen molar-refractivity contribution in [1.29, 1.82) is 0 Å². The third-order valence-electron chi connectivity index (χ3n) is 4.51. The number of amides is 1. The molecule has 0 radical (unpaired) electrons. The minimum atomic E-state index is -3.67. The Balaban J connectivity index is 1.75. The molecule has 1 aromatic heterocycles. The van der Waals surface area contributed by atoms with Gasteiger partial charge in [0.1, 0.15) is 6.10 Å². The Morgan fingerprint density at radius 3 is 2.64 bits per heavy atom. The topological polar surface area (TPSA) is 101 Å². The Hall–Kier alpha value is -2.52. The molecule has 2 aromatic rings. The number of sulfonamides is 1. The zero-order chi connectivity index (χ0) is 20.3. The second-order valence-electron chi connectivity index (χ2n) is 6.92. The third-order valence-corrected chi connectivity index (χ3v) is 6.54. The summed E-state index contributed by atoms with van der Waals surface area (Å²) < 4.78 is 33.6. The summed E-state index contributed by atoms with van der Waals surface area (Å²) in [5, 5.41) is 10.6. The zero-order valence-corrected chi connectivity index (χ0v) is 17.0. The van der Waals surface area contributed by atoms with Gasteiger partial charge in [-0.25, -0.2) is 8.42 Å². The van der Waals surface area contributed by atoms with E-state index in [1.165, 1.54) is 17.3 Å². The minimum absolute atomic E-state index is 0.203. The molecule has 1 N–H and O–H groups in total. The SMILES string of the molecule is CC(=O)Nc1ccc(S(=O)(=O)N2CCCC(Oc3ccc(C)nn3)C2)c(C)c1. The lowest BCUT2D eigenvalue weighted by Crippen LogP contribution is -2.44. The number of ether oxygens (including phenoxy) is 1. The van der Waals surface area contributed by atoms with Gasteiger partial charge in [-0.15, -0.1) is 5.10 Å². The molecule has 1 amide bonds. The number of rotatable bonds is 5. The molecule has 1 saturated heterocycles. The second kappa shape index (κ2) is 8.24. The molecule has 1 unspecified atom stereocenters. The summed E-state index contributed by atoms with van der Waals surface area (Å²) in [5.41, 5.74) is 1.94. The Morgan fingerprint density at radius 1 is 1.21 bits per heavy atom. The molecule has 1 aromatic carbocycles. The maximum absolute atomic E-state index is 13.1. The number of carbonyl (C=O) groups is 1. The normalized spacial score (nSPS) is 17.9. The van der Waals surface area contributed by atoms with Crippen LogP contribution < -0.4 is 10.1 Å². The van der Waals surface area contributed by atoms with Gasteiger partial charge >= 0.3 is 0 Å². The number of hydrogen-bond donors (Lipinski definition) is 1. The predicted molar refractivity (Wildman–Crippen MR) is 105 cm³/mol. The Labute approximate surface area is 165 Å². The van der Waals surface area contributed by atoms with Crippen LogP contribution in [0.4, 0.5) is 5.69 Å². The summed E-state index contributed by atoms with van der Waals surface area (Å²) in [4.78, 5) is 11.4. The molecule has 0 aliphatic carbocycles. The largest absolute Gasteiger partial charge is 0.472 e. The molecule has 1 aliphatic heterocycles. The summed E-state index contributed by atoms with van der Waals surface area (Å²) in [6.45, 7) is 5.66. The van der Waals surface area contributed by atoms with Crippen LogP contribution in [0.3, 0.4) is 0 Å². The fraction of sp³-hybridized carbons (Fsp3) is 0.421. The minimum Gasteiger partial charge on any atom is -0.472 e. The van der Waals surface area contributed by atoms with Gasteiger partial charge in [-0.2, -0.15) is 9.40 Å². The Kier molecular flexibility index (Phi) is 5.95. The van der Waals surface area contributed by atoms with Crippen molar-refractivity contribution in [3.8, 4) is 5.88 Å². The van der Waals surface area contributed by atoms with Gasteiger partial charge in [0, 0.05) is 25.2 Å². The molecule has 1 atom stereocenters. The van der Waals surface area contributed by atoms with Crippen LogP contribution in [0, 0.1) is 13.8 Å². The highest BCUT2D eigenvalue weighted by Crippen LogP contribution is 2.26. The molecule has 8 nitrogen and oxygen atoms in total. The molecule has 1 fully saturated rings. The van der Waals surface area contributed by atoms with E-state index in [0.717, 1.165) is 12.1 Å². The van der Waals surface area contributed by atoms with Crippen LogP contribution in [0.25, 0.3) is 0 Å². The highest BCUT2D eigenvalue weighted by molar-refractivity contribution is 7.89. The average molecular weight is 404 g/mol. The fourth-order valence-electron chi connectivity index (χ4n) is 3.20. The van der Waals surface area contributed by atoms with E-state index in [4.69, 9.17) is 4.74 Å². The lowest BCUT2D eigenvalue weighted by molar-refractivity contribution is -0.114. The maximum atomic E-state index is 13.1. The van der Waals surface area contributed by atoms with Crippen molar-refractivity contribution in [2.75, 3.05) is 18.4 Å². The van der Waals surface area contributed by atoms with Crippen molar-refractivity contribution in [3.05, 3.63) is 41.6 Å². The van der Waals surface area contributed by atoms with Crippen LogP contribution in [-0.2, 0) is 14.8 Å². The second-order valence-corrected chi connectivity index (χ2v) is 8.83. The monoisotopic (exact) mass is 404 g/mol. The van der Waals surface area contributed by atoms with Crippen LogP contribution in [0.1, 0.15) is 31.0 Å². The molecule has 0 bridgehead atoms. The molecule has 150 valence electrons. The third kappa shape index (κ3) is 4.66. The quantitative estimate of drug-likeness (QED) is 0.820. The highest BCUT2D eigenvalue weighted by Gasteiger charge is 2.32. The summed E-state index contributed by atoms with van der Waals surface area (Å²) >= 11 is 0. The lowest BCUT2D eigenvalue weighted by atomic mass is 10.1. The highest BCUT2D eigenvalue weighted by atomic mass is 32.2. The van der Waals surface area contributed by atoms with Gasteiger partial charge in [0.25, 0.3) is 0 Å². The molecule has 28 heavy (non-hydrogen) atoms. The van der Waals surface area contributed by atoms with Crippen molar-refractivity contribution < 1.29 is 17.9 Å². The van der Waals surface area contributed by atoms with Gasteiger partial charge in [-0.3, -0.25) is 4.79 Å². The van der Waals surface area contributed by atoms with Crippen LogP contribution in [0.15, 0.2) is 35.2 Å². The molecular weight excluding hydrogens is 380 g/mol. The van der Waals surface area contributed by atoms with Crippen LogP contribution in [-0.4, -0.2) is 48.0 Å². The number of anilines is 1. The fourth-order valence-corrected chi connectivity index (χ4v) is 4.91. The maximum Gasteiger partial charge on any atom is 0.243 e. The molecular formula is C19H24N4O4S. The number of nitrogens with one attached hydrogen (secondary N) is 1. The lowest BCUT2D eigenvalue weighted by Gasteiger charge is -2.32. The molecule has 0 spiro atoms. The molecule has 9 heteroatoms.